The van der Waals surface area contributed by atoms with Gasteiger partial charge in [-0.05, 0) is 64.7 Å². The van der Waals surface area contributed by atoms with Gasteiger partial charge in [0.2, 0.25) is 0 Å². The Morgan fingerprint density at radius 1 is 1.15 bits per heavy atom. The maximum atomic E-state index is 5.88. The lowest BCUT2D eigenvalue weighted by Crippen LogP contribution is -2.25. The van der Waals surface area contributed by atoms with Crippen LogP contribution in [0.5, 0.6) is 5.75 Å². The molecule has 0 aliphatic heterocycles. The van der Waals surface area contributed by atoms with Gasteiger partial charge in [-0.1, -0.05) is 24.8 Å². The summed E-state index contributed by atoms with van der Waals surface area (Å²) in [6.07, 6.45) is 5.40. The molecule has 0 spiro atoms. The van der Waals surface area contributed by atoms with Crippen LogP contribution >= 0.6 is 0 Å². The maximum absolute atomic E-state index is 5.88. The van der Waals surface area contributed by atoms with Crippen LogP contribution in [0.15, 0.2) is 30.8 Å². The molecular formula is C18H28O2. The summed E-state index contributed by atoms with van der Waals surface area (Å²) in [5.41, 5.74) is 1.06. The first-order valence-corrected chi connectivity index (χ1v) is 7.44. The van der Waals surface area contributed by atoms with Gasteiger partial charge in [0.05, 0.1) is 18.3 Å². The summed E-state index contributed by atoms with van der Waals surface area (Å²) in [7, 11) is 0. The van der Waals surface area contributed by atoms with E-state index in [1.54, 1.807) is 0 Å². The summed E-state index contributed by atoms with van der Waals surface area (Å²) in [4.78, 5) is 0. The van der Waals surface area contributed by atoms with Crippen molar-refractivity contribution >= 4 is 6.08 Å². The average Bonchev–Trinajstić information content (AvgIpc) is 2.37. The van der Waals surface area contributed by atoms with Gasteiger partial charge >= 0.3 is 0 Å². The number of ether oxygens (including phenoxy) is 2. The highest BCUT2D eigenvalue weighted by molar-refractivity contribution is 5.48. The first kappa shape index (κ1) is 16.8. The van der Waals surface area contributed by atoms with Crippen LogP contribution in [0.4, 0.5) is 0 Å². The van der Waals surface area contributed by atoms with Gasteiger partial charge in [-0.3, -0.25) is 0 Å². The first-order valence-electron chi connectivity index (χ1n) is 7.44. The summed E-state index contributed by atoms with van der Waals surface area (Å²) < 4.78 is 11.6. The third-order valence-electron chi connectivity index (χ3n) is 2.94. The molecule has 0 saturated carbocycles. The number of hydrogen-bond acceptors (Lipinski definition) is 2. The summed E-state index contributed by atoms with van der Waals surface area (Å²) in [5.74, 6) is 0.926. The second-order valence-corrected chi connectivity index (χ2v) is 6.16. The van der Waals surface area contributed by atoms with E-state index in [0.717, 1.165) is 37.2 Å². The normalized spacial score (nSPS) is 13.0. The van der Waals surface area contributed by atoms with Crippen molar-refractivity contribution in [1.82, 2.24) is 0 Å². The minimum atomic E-state index is -0.0528. The predicted octanol–water partition coefficient (Wildman–Crippen LogP) is 5.08. The standard InChI is InChI=1S/C18H28O2/c1-6-16-10-12-17(13-11-16)19-14-8-7-9-15(2)20-18(3,4)5/h6,10-13,15H,1,7-9,14H2,2-5H3. The maximum Gasteiger partial charge on any atom is 0.119 e. The molecule has 20 heavy (non-hydrogen) atoms. The zero-order valence-electron chi connectivity index (χ0n) is 13.3. The molecule has 0 fully saturated rings. The zero-order valence-corrected chi connectivity index (χ0v) is 13.3. The van der Waals surface area contributed by atoms with Crippen LogP contribution in [0.1, 0.15) is 52.5 Å². The van der Waals surface area contributed by atoms with E-state index in [1.165, 1.54) is 0 Å². The number of hydrogen-bond donors (Lipinski definition) is 0. The zero-order chi connectivity index (χ0) is 15.0. The van der Waals surface area contributed by atoms with E-state index in [2.05, 4.69) is 34.3 Å². The summed E-state index contributed by atoms with van der Waals surface area (Å²) >= 11 is 0. The van der Waals surface area contributed by atoms with Gasteiger partial charge in [-0.25, -0.2) is 0 Å². The van der Waals surface area contributed by atoms with Crippen molar-refractivity contribution in [2.45, 2.75) is 58.7 Å². The molecular weight excluding hydrogens is 248 g/mol. The second kappa shape index (κ2) is 8.11. The molecule has 0 saturated heterocycles. The predicted molar refractivity (Wildman–Crippen MR) is 86.2 cm³/mol. The number of benzene rings is 1. The Hall–Kier alpha value is -1.28. The minimum Gasteiger partial charge on any atom is -0.494 e. The van der Waals surface area contributed by atoms with Crippen molar-refractivity contribution in [1.29, 1.82) is 0 Å². The molecule has 1 unspecified atom stereocenters. The lowest BCUT2D eigenvalue weighted by Gasteiger charge is -2.25. The van der Waals surface area contributed by atoms with E-state index in [-0.39, 0.29) is 5.60 Å². The van der Waals surface area contributed by atoms with E-state index >= 15 is 0 Å². The van der Waals surface area contributed by atoms with Crippen LogP contribution in [0, 0.1) is 0 Å². The number of unbranched alkanes of at least 4 members (excludes halogenated alkanes) is 1. The molecule has 1 aromatic carbocycles. The van der Waals surface area contributed by atoms with Gasteiger partial charge in [0, 0.05) is 0 Å². The molecule has 112 valence electrons. The van der Waals surface area contributed by atoms with Crippen LogP contribution in [-0.2, 0) is 4.74 Å². The molecule has 2 nitrogen and oxygen atoms in total. The molecule has 0 aliphatic rings. The topological polar surface area (TPSA) is 18.5 Å². The molecule has 1 rings (SSSR count). The summed E-state index contributed by atoms with van der Waals surface area (Å²) in [6.45, 7) is 12.9. The van der Waals surface area contributed by atoms with Crippen LogP contribution < -0.4 is 4.74 Å². The van der Waals surface area contributed by atoms with E-state index in [4.69, 9.17) is 9.47 Å². The highest BCUT2D eigenvalue weighted by Crippen LogP contribution is 2.16. The van der Waals surface area contributed by atoms with Gasteiger partial charge in [0.15, 0.2) is 0 Å². The van der Waals surface area contributed by atoms with Crippen molar-refractivity contribution < 1.29 is 9.47 Å². The molecule has 0 N–H and O–H groups in total. The fourth-order valence-electron chi connectivity index (χ4n) is 2.09. The molecule has 0 aromatic heterocycles. The Balaban J connectivity index is 2.14. The minimum absolute atomic E-state index is 0.0528. The van der Waals surface area contributed by atoms with Crippen molar-refractivity contribution in [3.8, 4) is 5.75 Å². The van der Waals surface area contributed by atoms with Gasteiger partial charge in [0.25, 0.3) is 0 Å². The molecule has 0 amide bonds. The third kappa shape index (κ3) is 7.34. The highest BCUT2D eigenvalue weighted by atomic mass is 16.5. The van der Waals surface area contributed by atoms with Crippen LogP contribution in [-0.4, -0.2) is 18.3 Å². The van der Waals surface area contributed by atoms with E-state index in [1.807, 2.05) is 30.3 Å². The molecule has 2 heteroatoms. The lowest BCUT2D eigenvalue weighted by atomic mass is 10.1. The first-order chi connectivity index (χ1) is 9.40. The van der Waals surface area contributed by atoms with Crippen molar-refractivity contribution in [3.05, 3.63) is 36.4 Å². The summed E-state index contributed by atoms with van der Waals surface area (Å²) in [5, 5.41) is 0. The monoisotopic (exact) mass is 276 g/mol. The lowest BCUT2D eigenvalue weighted by molar-refractivity contribution is -0.0550. The van der Waals surface area contributed by atoms with E-state index in [9.17, 15) is 0 Å². The van der Waals surface area contributed by atoms with Gasteiger partial charge in [-0.2, -0.15) is 0 Å². The van der Waals surface area contributed by atoms with Crippen molar-refractivity contribution in [3.63, 3.8) is 0 Å². The molecule has 1 atom stereocenters. The molecule has 0 radical (unpaired) electrons. The Kier molecular flexibility index (Phi) is 6.80. The van der Waals surface area contributed by atoms with Crippen LogP contribution in [0.3, 0.4) is 0 Å². The Morgan fingerprint density at radius 3 is 2.35 bits per heavy atom. The average molecular weight is 276 g/mol. The fourth-order valence-corrected chi connectivity index (χ4v) is 2.09. The van der Waals surface area contributed by atoms with Crippen molar-refractivity contribution in [2.24, 2.45) is 0 Å². The SMILES string of the molecule is C=Cc1ccc(OCCCCC(C)OC(C)(C)C)cc1. The largest absolute Gasteiger partial charge is 0.494 e. The van der Waals surface area contributed by atoms with E-state index < -0.39 is 0 Å². The molecule has 1 aromatic rings. The Morgan fingerprint density at radius 2 is 1.80 bits per heavy atom. The van der Waals surface area contributed by atoms with Gasteiger partial charge < -0.3 is 9.47 Å². The van der Waals surface area contributed by atoms with Gasteiger partial charge in [0.1, 0.15) is 5.75 Å². The Bertz CT molecular complexity index is 387. The van der Waals surface area contributed by atoms with Crippen LogP contribution in [0.25, 0.3) is 6.08 Å². The summed E-state index contributed by atoms with van der Waals surface area (Å²) in [6, 6.07) is 8.01. The quantitative estimate of drug-likeness (QED) is 0.616. The fraction of sp³-hybridized carbons (Fsp3) is 0.556. The van der Waals surface area contributed by atoms with E-state index in [0.29, 0.717) is 6.10 Å². The van der Waals surface area contributed by atoms with Gasteiger partial charge in [-0.15, -0.1) is 0 Å². The Labute approximate surface area is 123 Å². The second-order valence-electron chi connectivity index (χ2n) is 6.16. The smallest absolute Gasteiger partial charge is 0.119 e. The number of rotatable bonds is 8. The highest BCUT2D eigenvalue weighted by Gasteiger charge is 2.14. The molecule has 0 aliphatic carbocycles. The molecule has 0 bridgehead atoms. The third-order valence-corrected chi connectivity index (χ3v) is 2.94. The molecule has 0 heterocycles. The van der Waals surface area contributed by atoms with Crippen molar-refractivity contribution in [2.75, 3.05) is 6.61 Å². The van der Waals surface area contributed by atoms with Crippen LogP contribution in [0.2, 0.25) is 0 Å².